The van der Waals surface area contributed by atoms with Crippen LogP contribution >= 0.6 is 7.82 Å². The van der Waals surface area contributed by atoms with Gasteiger partial charge in [-0.2, -0.15) is 0 Å². The Morgan fingerprint density at radius 2 is 2.10 bits per heavy atom. The molecule has 0 aromatic heterocycles. The molecule has 0 aromatic rings. The predicted octanol–water partition coefficient (Wildman–Crippen LogP) is 0.478. The molecule has 0 aliphatic carbocycles. The summed E-state index contributed by atoms with van der Waals surface area (Å²) >= 11 is 0. The van der Waals surface area contributed by atoms with Gasteiger partial charge in [-0.3, -0.25) is 4.52 Å². The Kier molecular flexibility index (Phi) is 4.08. The Bertz CT molecular complexity index is 126. The highest BCUT2D eigenvalue weighted by Gasteiger charge is 2.19. The molecule has 6 heteroatoms. The molecule has 0 aliphatic rings. The first kappa shape index (κ1) is 10.1. The smallest absolute Gasteiger partial charge is 0.355 e. The standard InChI is InChI=1S/C4H11O5P/c1-3-4(8-2)9-10(5,6)7/h4H,3H2,1-2H3,(H2,5,6,7). The molecule has 0 aromatic carbocycles. The lowest BCUT2D eigenvalue weighted by molar-refractivity contribution is -0.0694. The fourth-order valence-corrected chi connectivity index (χ4v) is 0.979. The molecule has 0 bridgehead atoms. The molecule has 1 unspecified atom stereocenters. The zero-order valence-corrected chi connectivity index (χ0v) is 6.75. The molecule has 10 heavy (non-hydrogen) atoms. The number of phosphoric ester groups is 1. The first-order valence-corrected chi connectivity index (χ1v) is 4.29. The zero-order valence-electron chi connectivity index (χ0n) is 5.85. The van der Waals surface area contributed by atoms with Crippen LogP contribution in [0.1, 0.15) is 13.3 Å². The minimum Gasteiger partial charge on any atom is -0.355 e. The largest absolute Gasteiger partial charge is 0.471 e. The summed E-state index contributed by atoms with van der Waals surface area (Å²) < 4.78 is 18.9. The van der Waals surface area contributed by atoms with Crippen molar-refractivity contribution in [2.24, 2.45) is 0 Å². The Labute approximate surface area is 59.2 Å². The van der Waals surface area contributed by atoms with Crippen LogP contribution in [0.15, 0.2) is 0 Å². The summed E-state index contributed by atoms with van der Waals surface area (Å²) in [5.74, 6) is 0. The molecule has 0 heterocycles. The number of hydrogen-bond acceptors (Lipinski definition) is 3. The minimum atomic E-state index is -4.38. The van der Waals surface area contributed by atoms with Crippen molar-refractivity contribution in [1.82, 2.24) is 0 Å². The van der Waals surface area contributed by atoms with Gasteiger partial charge in [0, 0.05) is 7.11 Å². The van der Waals surface area contributed by atoms with Gasteiger partial charge in [0.05, 0.1) is 0 Å². The average Bonchev–Trinajstić information content (AvgIpc) is 1.81. The van der Waals surface area contributed by atoms with E-state index in [-0.39, 0.29) is 0 Å². The van der Waals surface area contributed by atoms with E-state index < -0.39 is 14.1 Å². The third-order valence-electron chi connectivity index (χ3n) is 0.851. The fraction of sp³-hybridized carbons (Fsp3) is 1.00. The number of methoxy groups -OCH3 is 1. The van der Waals surface area contributed by atoms with E-state index in [1.165, 1.54) is 7.11 Å². The van der Waals surface area contributed by atoms with Gasteiger partial charge in [0.15, 0.2) is 6.29 Å². The maximum atomic E-state index is 10.2. The van der Waals surface area contributed by atoms with E-state index in [2.05, 4.69) is 9.26 Å². The van der Waals surface area contributed by atoms with Crippen LogP contribution in [0.5, 0.6) is 0 Å². The van der Waals surface area contributed by atoms with E-state index >= 15 is 0 Å². The monoisotopic (exact) mass is 170 g/mol. The second kappa shape index (κ2) is 4.05. The summed E-state index contributed by atoms with van der Waals surface area (Å²) in [7, 11) is -3.06. The molecule has 0 saturated carbocycles. The topological polar surface area (TPSA) is 76.0 Å². The van der Waals surface area contributed by atoms with E-state index in [4.69, 9.17) is 9.79 Å². The molecule has 1 atom stereocenters. The highest BCUT2D eigenvalue weighted by Crippen LogP contribution is 2.38. The first-order valence-electron chi connectivity index (χ1n) is 2.76. The molecule has 5 nitrogen and oxygen atoms in total. The SMILES string of the molecule is CCC(OC)OP(=O)(O)O. The van der Waals surface area contributed by atoms with E-state index in [1.807, 2.05) is 0 Å². The minimum absolute atomic E-state index is 0.404. The third kappa shape index (κ3) is 4.90. The number of hydrogen-bond donors (Lipinski definition) is 2. The molecular weight excluding hydrogens is 159 g/mol. The number of ether oxygens (including phenoxy) is 1. The maximum Gasteiger partial charge on any atom is 0.471 e. The summed E-state index contributed by atoms with van der Waals surface area (Å²) in [5, 5.41) is 0. The van der Waals surface area contributed by atoms with Crippen LogP contribution in [0.3, 0.4) is 0 Å². The third-order valence-corrected chi connectivity index (χ3v) is 1.36. The fourth-order valence-electron chi connectivity index (χ4n) is 0.437. The lowest BCUT2D eigenvalue weighted by atomic mass is 10.5. The summed E-state index contributed by atoms with van der Waals surface area (Å²) in [6.45, 7) is 1.70. The number of rotatable bonds is 4. The highest BCUT2D eigenvalue weighted by atomic mass is 31.2. The quantitative estimate of drug-likeness (QED) is 0.474. The molecular formula is C4H11O5P. The van der Waals surface area contributed by atoms with Gasteiger partial charge < -0.3 is 14.5 Å². The highest BCUT2D eigenvalue weighted by molar-refractivity contribution is 7.46. The molecule has 0 aliphatic heterocycles. The van der Waals surface area contributed by atoms with Crippen molar-refractivity contribution in [1.29, 1.82) is 0 Å². The molecule has 0 amide bonds. The van der Waals surface area contributed by atoms with Gasteiger partial charge in [0.1, 0.15) is 0 Å². The second-order valence-corrected chi connectivity index (χ2v) is 2.86. The van der Waals surface area contributed by atoms with Gasteiger partial charge >= 0.3 is 7.82 Å². The maximum absolute atomic E-state index is 10.2. The van der Waals surface area contributed by atoms with Gasteiger partial charge in [-0.15, -0.1) is 0 Å². The van der Waals surface area contributed by atoms with Gasteiger partial charge in [0.2, 0.25) is 0 Å². The van der Waals surface area contributed by atoms with Gasteiger partial charge in [-0.1, -0.05) is 6.92 Å². The Hall–Kier alpha value is 0.0700. The van der Waals surface area contributed by atoms with Crippen LogP contribution in [0.2, 0.25) is 0 Å². The van der Waals surface area contributed by atoms with Crippen LogP contribution < -0.4 is 0 Å². The Balaban J connectivity index is 3.75. The summed E-state index contributed by atoms with van der Waals surface area (Å²) in [6.07, 6.45) is -0.414. The van der Waals surface area contributed by atoms with Crippen LogP contribution in [-0.4, -0.2) is 23.2 Å². The van der Waals surface area contributed by atoms with E-state index in [1.54, 1.807) is 6.92 Å². The van der Waals surface area contributed by atoms with Crippen molar-refractivity contribution >= 4 is 7.82 Å². The Morgan fingerprint density at radius 1 is 1.60 bits per heavy atom. The Morgan fingerprint density at radius 3 is 2.20 bits per heavy atom. The molecule has 0 spiro atoms. The normalized spacial score (nSPS) is 15.2. The van der Waals surface area contributed by atoms with Crippen molar-refractivity contribution in [2.75, 3.05) is 7.11 Å². The molecule has 0 radical (unpaired) electrons. The summed E-state index contributed by atoms with van der Waals surface area (Å²) in [6, 6.07) is 0. The molecule has 0 saturated heterocycles. The van der Waals surface area contributed by atoms with Gasteiger partial charge in [0.25, 0.3) is 0 Å². The van der Waals surface area contributed by atoms with Crippen molar-refractivity contribution in [2.45, 2.75) is 19.6 Å². The predicted molar refractivity (Wildman–Crippen MR) is 34.2 cm³/mol. The van der Waals surface area contributed by atoms with Crippen molar-refractivity contribution in [3.05, 3.63) is 0 Å². The van der Waals surface area contributed by atoms with Crippen LogP contribution in [0, 0.1) is 0 Å². The van der Waals surface area contributed by atoms with Gasteiger partial charge in [-0.05, 0) is 6.42 Å². The van der Waals surface area contributed by atoms with Crippen LogP contribution in [-0.2, 0) is 13.8 Å². The zero-order chi connectivity index (χ0) is 8.20. The lowest BCUT2D eigenvalue weighted by Gasteiger charge is -2.13. The van der Waals surface area contributed by atoms with E-state index in [0.717, 1.165) is 0 Å². The van der Waals surface area contributed by atoms with Crippen molar-refractivity contribution in [3.63, 3.8) is 0 Å². The van der Waals surface area contributed by atoms with Crippen molar-refractivity contribution < 1.29 is 23.6 Å². The number of phosphoric acid groups is 1. The summed E-state index contributed by atoms with van der Waals surface area (Å²) in [5.41, 5.74) is 0. The van der Waals surface area contributed by atoms with Crippen LogP contribution in [0.25, 0.3) is 0 Å². The first-order chi connectivity index (χ1) is 4.49. The van der Waals surface area contributed by atoms with E-state index in [0.29, 0.717) is 6.42 Å². The van der Waals surface area contributed by atoms with Gasteiger partial charge in [-0.25, -0.2) is 4.57 Å². The van der Waals surface area contributed by atoms with Crippen LogP contribution in [0.4, 0.5) is 0 Å². The van der Waals surface area contributed by atoms with E-state index in [9.17, 15) is 4.57 Å². The lowest BCUT2D eigenvalue weighted by Crippen LogP contribution is -2.11. The summed E-state index contributed by atoms with van der Waals surface area (Å²) in [4.78, 5) is 16.5. The second-order valence-electron chi connectivity index (χ2n) is 1.67. The molecule has 0 fully saturated rings. The average molecular weight is 170 g/mol. The molecule has 0 rings (SSSR count). The molecule has 62 valence electrons. The van der Waals surface area contributed by atoms with Crippen molar-refractivity contribution in [3.8, 4) is 0 Å². The molecule has 2 N–H and O–H groups in total.